The lowest BCUT2D eigenvalue weighted by molar-refractivity contribution is -0.139. The van der Waals surface area contributed by atoms with Crippen LogP contribution in [-0.4, -0.2) is 21.6 Å². The van der Waals surface area contributed by atoms with Crippen LogP contribution in [0, 0.1) is 5.82 Å². The number of thioether (sulfide) groups is 1. The number of carbonyl (C=O) groups is 1. The number of carboxylic acid groups (broad SMARTS) is 1. The van der Waals surface area contributed by atoms with Gasteiger partial charge in [0, 0.05) is 6.42 Å². The summed E-state index contributed by atoms with van der Waals surface area (Å²) in [5.41, 5.74) is 0.384. The van der Waals surface area contributed by atoms with Crippen molar-refractivity contribution in [2.45, 2.75) is 24.0 Å². The highest BCUT2D eigenvalue weighted by Crippen LogP contribution is 2.41. The molecule has 5 heteroatoms. The van der Waals surface area contributed by atoms with E-state index in [4.69, 9.17) is 11.6 Å². The van der Waals surface area contributed by atoms with Gasteiger partial charge in [0.05, 0.1) is 5.02 Å². The highest BCUT2D eigenvalue weighted by atomic mass is 35.5. The van der Waals surface area contributed by atoms with E-state index in [1.165, 1.54) is 17.8 Å². The summed E-state index contributed by atoms with van der Waals surface area (Å²) in [5, 5.41) is 9.36. The fraction of sp³-hybridized carbons (Fsp3) is 0.417. The maximum Gasteiger partial charge on any atom is 0.320 e. The molecule has 92 valence electrons. The van der Waals surface area contributed by atoms with Crippen molar-refractivity contribution in [2.24, 2.45) is 0 Å². The minimum absolute atomic E-state index is 0.0473. The van der Waals surface area contributed by atoms with Crippen LogP contribution in [-0.2, 0) is 11.2 Å². The van der Waals surface area contributed by atoms with Crippen LogP contribution in [0.5, 0.6) is 0 Å². The predicted octanol–water partition coefficient (Wildman–Crippen LogP) is 3.37. The second-order valence-electron chi connectivity index (χ2n) is 4.14. The number of hydrogen-bond donors (Lipinski definition) is 1. The molecule has 0 spiro atoms. The average Bonchev–Trinajstić information content (AvgIpc) is 2.75. The Bertz CT molecular complexity index is 444. The zero-order valence-corrected chi connectivity index (χ0v) is 10.7. The summed E-state index contributed by atoms with van der Waals surface area (Å²) in [4.78, 5) is 11.3. The van der Waals surface area contributed by atoms with Crippen LogP contribution in [0.4, 0.5) is 4.39 Å². The van der Waals surface area contributed by atoms with E-state index < -0.39 is 16.5 Å². The van der Waals surface area contributed by atoms with Crippen molar-refractivity contribution < 1.29 is 14.3 Å². The third kappa shape index (κ3) is 2.43. The molecular formula is C12H12ClFO2S. The highest BCUT2D eigenvalue weighted by molar-refractivity contribution is 8.01. The van der Waals surface area contributed by atoms with Crippen LogP contribution in [0.25, 0.3) is 0 Å². The van der Waals surface area contributed by atoms with Crippen molar-refractivity contribution in [1.82, 2.24) is 0 Å². The summed E-state index contributed by atoms with van der Waals surface area (Å²) in [6.45, 7) is 0. The average molecular weight is 275 g/mol. The van der Waals surface area contributed by atoms with Crippen LogP contribution < -0.4 is 0 Å². The van der Waals surface area contributed by atoms with Gasteiger partial charge in [-0.05, 0) is 30.2 Å². The molecule has 1 fully saturated rings. The molecule has 2 rings (SSSR count). The fourth-order valence-electron chi connectivity index (χ4n) is 2.07. The quantitative estimate of drug-likeness (QED) is 0.918. The Hall–Kier alpha value is -0.740. The molecule has 0 radical (unpaired) electrons. The van der Waals surface area contributed by atoms with Crippen LogP contribution in [0.1, 0.15) is 18.4 Å². The molecule has 1 N–H and O–H groups in total. The zero-order valence-electron chi connectivity index (χ0n) is 9.08. The molecule has 0 aromatic heterocycles. The molecule has 1 unspecified atom stereocenters. The van der Waals surface area contributed by atoms with Crippen molar-refractivity contribution in [3.63, 3.8) is 0 Å². The van der Waals surface area contributed by atoms with E-state index in [9.17, 15) is 14.3 Å². The molecule has 1 atom stereocenters. The number of aliphatic carboxylic acids is 1. The molecule has 1 aromatic carbocycles. The van der Waals surface area contributed by atoms with Crippen molar-refractivity contribution in [3.05, 3.63) is 34.6 Å². The highest BCUT2D eigenvalue weighted by Gasteiger charge is 2.42. The Labute approximate surface area is 108 Å². The first-order valence-electron chi connectivity index (χ1n) is 5.35. The van der Waals surface area contributed by atoms with Gasteiger partial charge in [-0.15, -0.1) is 11.8 Å². The summed E-state index contributed by atoms with van der Waals surface area (Å²) in [5.74, 6) is -0.546. The standard InChI is InChI=1S/C12H12ClFO2S/c13-9-4-1-3-8(10(9)14)7-12(11(15)16)5-2-6-17-12/h1,3-4H,2,5-7H2,(H,15,16). The van der Waals surface area contributed by atoms with E-state index in [0.29, 0.717) is 12.0 Å². The monoisotopic (exact) mass is 274 g/mol. The van der Waals surface area contributed by atoms with E-state index >= 15 is 0 Å². The molecule has 0 amide bonds. The molecule has 0 aliphatic carbocycles. The van der Waals surface area contributed by atoms with Crippen LogP contribution in [0.3, 0.4) is 0 Å². The van der Waals surface area contributed by atoms with E-state index in [0.717, 1.165) is 12.2 Å². The third-order valence-corrected chi connectivity index (χ3v) is 4.86. The molecule has 1 saturated heterocycles. The van der Waals surface area contributed by atoms with Gasteiger partial charge in [-0.3, -0.25) is 4.79 Å². The van der Waals surface area contributed by atoms with Gasteiger partial charge in [0.1, 0.15) is 10.6 Å². The van der Waals surface area contributed by atoms with Crippen molar-refractivity contribution in [3.8, 4) is 0 Å². The molecule has 1 heterocycles. The molecule has 1 aromatic rings. The first-order chi connectivity index (χ1) is 8.05. The van der Waals surface area contributed by atoms with Gasteiger partial charge in [-0.1, -0.05) is 23.7 Å². The molecule has 2 nitrogen and oxygen atoms in total. The smallest absolute Gasteiger partial charge is 0.320 e. The van der Waals surface area contributed by atoms with E-state index in [1.807, 2.05) is 0 Å². The van der Waals surface area contributed by atoms with E-state index in [-0.39, 0.29) is 11.4 Å². The summed E-state index contributed by atoms with van der Waals surface area (Å²) < 4.78 is 12.9. The first kappa shape index (κ1) is 12.7. The Kier molecular flexibility index (Phi) is 3.64. The first-order valence-corrected chi connectivity index (χ1v) is 6.72. The molecule has 1 aliphatic heterocycles. The topological polar surface area (TPSA) is 37.3 Å². The Balaban J connectivity index is 2.30. The maximum absolute atomic E-state index is 13.8. The molecular weight excluding hydrogens is 263 g/mol. The lowest BCUT2D eigenvalue weighted by atomic mass is 9.94. The minimum Gasteiger partial charge on any atom is -0.480 e. The lowest BCUT2D eigenvalue weighted by Gasteiger charge is -2.23. The number of rotatable bonds is 3. The Morgan fingerprint density at radius 1 is 1.59 bits per heavy atom. The van der Waals surface area contributed by atoms with Crippen molar-refractivity contribution in [1.29, 1.82) is 0 Å². The second kappa shape index (κ2) is 4.86. The molecule has 1 aliphatic rings. The van der Waals surface area contributed by atoms with Crippen LogP contribution >= 0.6 is 23.4 Å². The Morgan fingerprint density at radius 2 is 2.35 bits per heavy atom. The number of carboxylic acids is 1. The zero-order chi connectivity index (χ0) is 12.5. The SMILES string of the molecule is O=C(O)C1(Cc2cccc(Cl)c2F)CCCS1. The normalized spacial score (nSPS) is 23.9. The summed E-state index contributed by atoms with van der Waals surface area (Å²) in [6, 6.07) is 4.72. The third-order valence-electron chi connectivity index (χ3n) is 3.00. The summed E-state index contributed by atoms with van der Waals surface area (Å²) >= 11 is 7.09. The van der Waals surface area contributed by atoms with Crippen LogP contribution in [0.15, 0.2) is 18.2 Å². The van der Waals surface area contributed by atoms with Gasteiger partial charge >= 0.3 is 5.97 Å². The molecule has 0 bridgehead atoms. The second-order valence-corrected chi connectivity index (χ2v) is 6.03. The number of halogens is 2. The minimum atomic E-state index is -0.883. The number of benzene rings is 1. The molecule has 0 saturated carbocycles. The van der Waals surface area contributed by atoms with Gasteiger partial charge < -0.3 is 5.11 Å². The van der Waals surface area contributed by atoms with Gasteiger partial charge in [-0.25, -0.2) is 4.39 Å². The van der Waals surface area contributed by atoms with Crippen LogP contribution in [0.2, 0.25) is 5.02 Å². The number of hydrogen-bond acceptors (Lipinski definition) is 2. The predicted molar refractivity (Wildman–Crippen MR) is 67.2 cm³/mol. The largest absolute Gasteiger partial charge is 0.480 e. The van der Waals surface area contributed by atoms with Gasteiger partial charge in [0.15, 0.2) is 0 Å². The van der Waals surface area contributed by atoms with Crippen molar-refractivity contribution in [2.75, 3.05) is 5.75 Å². The van der Waals surface area contributed by atoms with E-state index in [2.05, 4.69) is 0 Å². The van der Waals surface area contributed by atoms with E-state index in [1.54, 1.807) is 12.1 Å². The summed E-state index contributed by atoms with van der Waals surface area (Å²) in [6.07, 6.45) is 1.64. The summed E-state index contributed by atoms with van der Waals surface area (Å²) in [7, 11) is 0. The van der Waals surface area contributed by atoms with Crippen molar-refractivity contribution >= 4 is 29.3 Å². The lowest BCUT2D eigenvalue weighted by Crippen LogP contribution is -2.35. The fourth-order valence-corrected chi connectivity index (χ4v) is 3.62. The van der Waals surface area contributed by atoms with Gasteiger partial charge in [-0.2, -0.15) is 0 Å². The van der Waals surface area contributed by atoms with Gasteiger partial charge in [0.25, 0.3) is 0 Å². The Morgan fingerprint density at radius 3 is 2.94 bits per heavy atom. The van der Waals surface area contributed by atoms with Gasteiger partial charge in [0.2, 0.25) is 0 Å². The molecule has 17 heavy (non-hydrogen) atoms. The maximum atomic E-state index is 13.8.